The minimum absolute atomic E-state index is 0. The molecule has 0 radical (unpaired) electrons. The maximum absolute atomic E-state index is 9.97. The van der Waals surface area contributed by atoms with Crippen LogP contribution in [0.1, 0.15) is 0 Å². The number of nitrogens with two attached hydrogens (primary N) is 1. The third-order valence-electron chi connectivity index (χ3n) is 1.09. The molecule has 0 spiro atoms. The second-order valence-electron chi connectivity index (χ2n) is 1.73. The standard InChI is InChI=1S/C4H9N3O2.H2O/c5-7(3-8)4-6-1-2-9-4;/h3-4,6H,1-2,5H2;1H2. The van der Waals surface area contributed by atoms with Crippen molar-refractivity contribution in [3.8, 4) is 0 Å². The minimum atomic E-state index is -0.428. The molecule has 1 unspecified atom stereocenters. The first-order valence-electron chi connectivity index (χ1n) is 2.68. The summed E-state index contributed by atoms with van der Waals surface area (Å²) in [4.78, 5) is 9.97. The summed E-state index contributed by atoms with van der Waals surface area (Å²) in [5, 5.41) is 3.81. The number of ether oxygens (including phenoxy) is 1. The Morgan fingerprint density at radius 3 is 2.90 bits per heavy atom. The first-order chi connectivity index (χ1) is 4.34. The normalized spacial score (nSPS) is 23.5. The second-order valence-corrected chi connectivity index (χ2v) is 1.73. The highest BCUT2D eigenvalue weighted by molar-refractivity contribution is 5.45. The molecule has 0 aliphatic carbocycles. The van der Waals surface area contributed by atoms with Gasteiger partial charge in [0.15, 0.2) is 0 Å². The van der Waals surface area contributed by atoms with Gasteiger partial charge in [0.1, 0.15) is 0 Å². The van der Waals surface area contributed by atoms with E-state index in [1.165, 1.54) is 0 Å². The molecule has 60 valence electrons. The number of hydrogen-bond donors (Lipinski definition) is 2. The van der Waals surface area contributed by atoms with Crippen molar-refractivity contribution in [2.75, 3.05) is 13.2 Å². The molecule has 6 heteroatoms. The topological polar surface area (TPSA) is 99.1 Å². The van der Waals surface area contributed by atoms with E-state index in [2.05, 4.69) is 5.32 Å². The maximum Gasteiger partial charge on any atom is 0.227 e. The van der Waals surface area contributed by atoms with Crippen LogP contribution in [0.15, 0.2) is 0 Å². The molecule has 1 heterocycles. The lowest BCUT2D eigenvalue weighted by atomic mass is 10.7. The minimum Gasteiger partial charge on any atom is -0.412 e. The summed E-state index contributed by atoms with van der Waals surface area (Å²) in [7, 11) is 0. The van der Waals surface area contributed by atoms with Crippen LogP contribution in [0.4, 0.5) is 0 Å². The molecule has 1 rings (SSSR count). The van der Waals surface area contributed by atoms with Crippen LogP contribution in [0.3, 0.4) is 0 Å². The Morgan fingerprint density at radius 1 is 1.80 bits per heavy atom. The van der Waals surface area contributed by atoms with Crippen LogP contribution in [0.25, 0.3) is 0 Å². The van der Waals surface area contributed by atoms with Gasteiger partial charge in [-0.25, -0.2) is 10.9 Å². The van der Waals surface area contributed by atoms with E-state index < -0.39 is 6.35 Å². The smallest absolute Gasteiger partial charge is 0.227 e. The van der Waals surface area contributed by atoms with Gasteiger partial charge in [0.2, 0.25) is 12.8 Å². The van der Waals surface area contributed by atoms with Crippen molar-refractivity contribution in [2.24, 2.45) is 5.84 Å². The number of amides is 1. The second kappa shape index (κ2) is 4.18. The predicted octanol–water partition coefficient (Wildman–Crippen LogP) is -2.60. The number of hydrogen-bond acceptors (Lipinski definition) is 4. The molecule has 0 aromatic rings. The zero-order valence-corrected chi connectivity index (χ0v) is 5.41. The van der Waals surface area contributed by atoms with E-state index in [0.29, 0.717) is 13.0 Å². The number of nitrogens with zero attached hydrogens (tertiary/aromatic N) is 1. The van der Waals surface area contributed by atoms with Gasteiger partial charge in [-0.1, -0.05) is 0 Å². The number of hydrazine groups is 1. The third kappa shape index (κ3) is 1.92. The molecule has 1 atom stereocenters. The third-order valence-corrected chi connectivity index (χ3v) is 1.09. The van der Waals surface area contributed by atoms with Crippen LogP contribution in [0.2, 0.25) is 0 Å². The first-order valence-corrected chi connectivity index (χ1v) is 2.68. The largest absolute Gasteiger partial charge is 0.412 e. The molecule has 1 aliphatic heterocycles. The van der Waals surface area contributed by atoms with E-state index >= 15 is 0 Å². The zero-order valence-electron chi connectivity index (χ0n) is 5.41. The fourth-order valence-corrected chi connectivity index (χ4v) is 0.659. The Kier molecular flexibility index (Phi) is 3.89. The molecule has 0 aromatic heterocycles. The molecule has 6 nitrogen and oxygen atoms in total. The lowest BCUT2D eigenvalue weighted by Crippen LogP contribution is -2.46. The molecule has 1 saturated heterocycles. The summed E-state index contributed by atoms with van der Waals surface area (Å²) in [5.74, 6) is 5.16. The lowest BCUT2D eigenvalue weighted by Gasteiger charge is -2.16. The first kappa shape index (κ1) is 9.31. The summed E-state index contributed by atoms with van der Waals surface area (Å²) in [6.07, 6.45) is 0.0886. The summed E-state index contributed by atoms with van der Waals surface area (Å²) in [6, 6.07) is 0. The van der Waals surface area contributed by atoms with Gasteiger partial charge >= 0.3 is 0 Å². The fraction of sp³-hybridized carbons (Fsp3) is 0.750. The van der Waals surface area contributed by atoms with Crippen molar-refractivity contribution in [3.63, 3.8) is 0 Å². The fourth-order valence-electron chi connectivity index (χ4n) is 0.659. The van der Waals surface area contributed by atoms with E-state index in [1.54, 1.807) is 0 Å². The predicted molar refractivity (Wildman–Crippen MR) is 33.4 cm³/mol. The van der Waals surface area contributed by atoms with Crippen molar-refractivity contribution >= 4 is 6.41 Å². The number of rotatable bonds is 2. The van der Waals surface area contributed by atoms with E-state index in [9.17, 15) is 4.79 Å². The quantitative estimate of drug-likeness (QED) is 0.194. The van der Waals surface area contributed by atoms with Gasteiger partial charge in [0.25, 0.3) is 0 Å². The van der Waals surface area contributed by atoms with Crippen LogP contribution >= 0.6 is 0 Å². The van der Waals surface area contributed by atoms with Crippen LogP contribution in [0.5, 0.6) is 0 Å². The average molecular weight is 149 g/mol. The highest BCUT2D eigenvalue weighted by atomic mass is 16.5. The molecule has 0 bridgehead atoms. The lowest BCUT2D eigenvalue weighted by molar-refractivity contribution is -0.130. The van der Waals surface area contributed by atoms with Gasteiger partial charge in [-0.05, 0) is 0 Å². The zero-order chi connectivity index (χ0) is 6.69. The molecule has 1 aliphatic rings. The molecule has 10 heavy (non-hydrogen) atoms. The van der Waals surface area contributed by atoms with Crippen LogP contribution < -0.4 is 11.2 Å². The number of carbonyl (C=O) groups excluding carboxylic acids is 1. The molecule has 0 aromatic carbocycles. The van der Waals surface area contributed by atoms with Crippen molar-refractivity contribution in [1.29, 1.82) is 0 Å². The monoisotopic (exact) mass is 149 g/mol. The van der Waals surface area contributed by atoms with Gasteiger partial charge in [-0.15, -0.1) is 0 Å². The summed E-state index contributed by atoms with van der Waals surface area (Å²) < 4.78 is 4.96. The Balaban J connectivity index is 0.000000810. The van der Waals surface area contributed by atoms with Gasteiger partial charge in [0.05, 0.1) is 6.61 Å². The van der Waals surface area contributed by atoms with Gasteiger partial charge < -0.3 is 10.2 Å². The van der Waals surface area contributed by atoms with Gasteiger partial charge in [-0.2, -0.15) is 0 Å². The van der Waals surface area contributed by atoms with E-state index in [4.69, 9.17) is 10.6 Å². The van der Waals surface area contributed by atoms with Crippen molar-refractivity contribution in [2.45, 2.75) is 6.35 Å². The SMILES string of the molecule is NN(C=O)C1NCCO1.O. The molecule has 0 saturated carbocycles. The van der Waals surface area contributed by atoms with E-state index in [0.717, 1.165) is 11.6 Å². The van der Waals surface area contributed by atoms with E-state index in [1.807, 2.05) is 0 Å². The highest BCUT2D eigenvalue weighted by Crippen LogP contribution is 1.94. The number of carbonyl (C=O) groups is 1. The van der Waals surface area contributed by atoms with Gasteiger partial charge in [0, 0.05) is 6.54 Å². The van der Waals surface area contributed by atoms with Crippen LogP contribution in [-0.4, -0.2) is 36.4 Å². The Morgan fingerprint density at radius 2 is 2.50 bits per heavy atom. The van der Waals surface area contributed by atoms with Gasteiger partial charge in [-0.3, -0.25) is 10.1 Å². The highest BCUT2D eigenvalue weighted by Gasteiger charge is 2.17. The molecule has 1 fully saturated rings. The summed E-state index contributed by atoms with van der Waals surface area (Å²) in [5.41, 5.74) is 0. The van der Waals surface area contributed by atoms with Crippen molar-refractivity contribution < 1.29 is 15.0 Å². The van der Waals surface area contributed by atoms with Crippen LogP contribution in [0, 0.1) is 0 Å². The molecule has 1 amide bonds. The van der Waals surface area contributed by atoms with Crippen LogP contribution in [-0.2, 0) is 9.53 Å². The summed E-state index contributed by atoms with van der Waals surface area (Å²) in [6.45, 7) is 1.35. The van der Waals surface area contributed by atoms with Crippen molar-refractivity contribution in [1.82, 2.24) is 10.3 Å². The summed E-state index contributed by atoms with van der Waals surface area (Å²) >= 11 is 0. The maximum atomic E-state index is 9.97. The molecular formula is C4H11N3O3. The molecule has 5 N–H and O–H groups in total. The average Bonchev–Trinajstić information content (AvgIpc) is 2.37. The Hall–Kier alpha value is -0.690. The Bertz CT molecular complexity index is 104. The van der Waals surface area contributed by atoms with E-state index in [-0.39, 0.29) is 5.48 Å². The van der Waals surface area contributed by atoms with Crippen molar-refractivity contribution in [3.05, 3.63) is 0 Å². The Labute approximate surface area is 58.2 Å². The molecular weight excluding hydrogens is 138 g/mol. The number of nitrogens with one attached hydrogen (secondary N) is 1.